The van der Waals surface area contributed by atoms with Gasteiger partial charge in [0.1, 0.15) is 0 Å². The van der Waals surface area contributed by atoms with Crippen molar-refractivity contribution in [1.29, 1.82) is 0 Å². The predicted octanol–water partition coefficient (Wildman–Crippen LogP) is 2.53. The van der Waals surface area contributed by atoms with Gasteiger partial charge in [-0.2, -0.15) is 0 Å². The lowest BCUT2D eigenvalue weighted by molar-refractivity contribution is 0.699. The minimum Gasteiger partial charge on any atom is -0.0840 e. The first-order valence-corrected chi connectivity index (χ1v) is 4.25. The lowest BCUT2D eigenvalue weighted by Crippen LogP contribution is -2.07. The van der Waals surface area contributed by atoms with Crippen LogP contribution in [0.5, 0.6) is 0 Å². The van der Waals surface area contributed by atoms with Gasteiger partial charge >= 0.3 is 0 Å². The number of rotatable bonds is 0. The zero-order valence-corrected chi connectivity index (χ0v) is 6.89. The standard InChI is InChI=1S/C7H9I/c8-7-3-1-6(5-7)2-4-7/h1,3,6H,2,4-5H2. The molecule has 0 aromatic heterocycles. The molecule has 1 saturated carbocycles. The number of fused-ring (bicyclic) bond motifs is 2. The molecule has 1 heteroatoms. The van der Waals surface area contributed by atoms with Gasteiger partial charge in [0.2, 0.25) is 0 Å². The van der Waals surface area contributed by atoms with Gasteiger partial charge in [-0.05, 0) is 25.2 Å². The van der Waals surface area contributed by atoms with E-state index in [0.717, 1.165) is 5.92 Å². The second kappa shape index (κ2) is 1.49. The molecular weight excluding hydrogens is 211 g/mol. The first-order chi connectivity index (χ1) is 3.79. The fourth-order valence-corrected chi connectivity index (χ4v) is 2.77. The van der Waals surface area contributed by atoms with Crippen LogP contribution in [-0.2, 0) is 0 Å². The number of hydrogen-bond donors (Lipinski definition) is 0. The summed E-state index contributed by atoms with van der Waals surface area (Å²) < 4.78 is 0.600. The van der Waals surface area contributed by atoms with Gasteiger partial charge in [-0.1, -0.05) is 34.7 Å². The van der Waals surface area contributed by atoms with Crippen LogP contribution >= 0.6 is 22.6 Å². The Morgan fingerprint density at radius 2 is 2.50 bits per heavy atom. The van der Waals surface area contributed by atoms with Crippen LogP contribution in [0.1, 0.15) is 19.3 Å². The van der Waals surface area contributed by atoms with E-state index in [-0.39, 0.29) is 0 Å². The molecule has 2 unspecified atom stereocenters. The van der Waals surface area contributed by atoms with Crippen molar-refractivity contribution in [3.8, 4) is 0 Å². The van der Waals surface area contributed by atoms with E-state index < -0.39 is 0 Å². The van der Waals surface area contributed by atoms with Crippen molar-refractivity contribution in [3.63, 3.8) is 0 Å². The molecule has 2 rings (SSSR count). The van der Waals surface area contributed by atoms with Crippen molar-refractivity contribution in [3.05, 3.63) is 12.2 Å². The summed E-state index contributed by atoms with van der Waals surface area (Å²) in [6.07, 6.45) is 9.07. The predicted molar refractivity (Wildman–Crippen MR) is 43.2 cm³/mol. The SMILES string of the molecule is IC12C=CC(CC1)C2. The maximum Gasteiger partial charge on any atom is 0.0406 e. The number of halogens is 1. The molecule has 0 heterocycles. The van der Waals surface area contributed by atoms with Crippen molar-refractivity contribution in [2.24, 2.45) is 5.92 Å². The zero-order valence-electron chi connectivity index (χ0n) is 4.73. The van der Waals surface area contributed by atoms with Crippen LogP contribution in [0.4, 0.5) is 0 Å². The smallest absolute Gasteiger partial charge is 0.0406 e. The van der Waals surface area contributed by atoms with Gasteiger partial charge < -0.3 is 0 Å². The summed E-state index contributed by atoms with van der Waals surface area (Å²) in [5.41, 5.74) is 0. The van der Waals surface area contributed by atoms with Crippen LogP contribution in [0.15, 0.2) is 12.2 Å². The van der Waals surface area contributed by atoms with Crippen molar-refractivity contribution in [2.45, 2.75) is 22.7 Å². The van der Waals surface area contributed by atoms with E-state index in [0.29, 0.717) is 3.42 Å². The topological polar surface area (TPSA) is 0 Å². The van der Waals surface area contributed by atoms with Gasteiger partial charge in [0.15, 0.2) is 0 Å². The van der Waals surface area contributed by atoms with E-state index in [1.165, 1.54) is 19.3 Å². The van der Waals surface area contributed by atoms with Gasteiger partial charge in [0, 0.05) is 3.42 Å². The van der Waals surface area contributed by atoms with Crippen molar-refractivity contribution < 1.29 is 0 Å². The molecule has 0 spiro atoms. The quantitative estimate of drug-likeness (QED) is 0.334. The third-order valence-corrected chi connectivity index (χ3v) is 3.54. The fourth-order valence-electron chi connectivity index (χ4n) is 1.69. The largest absolute Gasteiger partial charge is 0.0840 e. The highest BCUT2D eigenvalue weighted by atomic mass is 127. The van der Waals surface area contributed by atoms with Gasteiger partial charge in [0.05, 0.1) is 0 Å². The Bertz CT molecular complexity index is 139. The molecule has 0 nitrogen and oxygen atoms in total. The van der Waals surface area contributed by atoms with E-state index in [1.807, 2.05) is 0 Å². The van der Waals surface area contributed by atoms with Gasteiger partial charge in [-0.25, -0.2) is 0 Å². The Morgan fingerprint density at radius 1 is 1.62 bits per heavy atom. The maximum absolute atomic E-state index is 2.58. The lowest BCUT2D eigenvalue weighted by atomic mass is 10.1. The maximum atomic E-state index is 2.58. The third-order valence-electron chi connectivity index (χ3n) is 2.20. The summed E-state index contributed by atoms with van der Waals surface area (Å²) >= 11 is 2.58. The molecule has 44 valence electrons. The summed E-state index contributed by atoms with van der Waals surface area (Å²) in [5, 5.41) is 0. The fraction of sp³-hybridized carbons (Fsp3) is 0.714. The van der Waals surface area contributed by atoms with E-state index in [1.54, 1.807) is 0 Å². The first-order valence-electron chi connectivity index (χ1n) is 3.17. The highest BCUT2D eigenvalue weighted by molar-refractivity contribution is 14.1. The van der Waals surface area contributed by atoms with Crippen LogP contribution < -0.4 is 0 Å². The Balaban J connectivity index is 2.33. The Hall–Kier alpha value is 0.470. The number of alkyl halides is 1. The van der Waals surface area contributed by atoms with Crippen LogP contribution in [0.3, 0.4) is 0 Å². The molecule has 8 heavy (non-hydrogen) atoms. The minimum atomic E-state index is 0.600. The Morgan fingerprint density at radius 3 is 2.62 bits per heavy atom. The van der Waals surface area contributed by atoms with Crippen LogP contribution in [0, 0.1) is 5.92 Å². The molecule has 1 fully saturated rings. The summed E-state index contributed by atoms with van der Waals surface area (Å²) in [7, 11) is 0. The molecule has 0 N–H and O–H groups in total. The highest BCUT2D eigenvalue weighted by Crippen LogP contribution is 2.48. The normalized spacial score (nSPS) is 50.9. The monoisotopic (exact) mass is 220 g/mol. The van der Waals surface area contributed by atoms with Crippen molar-refractivity contribution >= 4 is 22.6 Å². The van der Waals surface area contributed by atoms with Crippen LogP contribution in [-0.4, -0.2) is 3.42 Å². The molecule has 2 aliphatic rings. The summed E-state index contributed by atoms with van der Waals surface area (Å²) in [5.74, 6) is 0.951. The lowest BCUT2D eigenvalue weighted by Gasteiger charge is -2.11. The number of allylic oxidation sites excluding steroid dienone is 2. The summed E-state index contributed by atoms with van der Waals surface area (Å²) in [6, 6.07) is 0. The third kappa shape index (κ3) is 0.634. The molecular formula is C7H9I. The van der Waals surface area contributed by atoms with E-state index in [2.05, 4.69) is 34.7 Å². The summed E-state index contributed by atoms with van der Waals surface area (Å²) in [6.45, 7) is 0. The minimum absolute atomic E-state index is 0.600. The van der Waals surface area contributed by atoms with Gasteiger partial charge in [-0.15, -0.1) is 0 Å². The molecule has 0 saturated heterocycles. The molecule has 2 bridgehead atoms. The molecule has 0 aromatic rings. The second-order valence-corrected chi connectivity index (χ2v) is 5.05. The zero-order chi connectivity index (χ0) is 5.61. The first kappa shape index (κ1) is 5.27. The molecule has 2 atom stereocenters. The average molecular weight is 220 g/mol. The molecule has 0 radical (unpaired) electrons. The van der Waals surface area contributed by atoms with Gasteiger partial charge in [-0.3, -0.25) is 0 Å². The van der Waals surface area contributed by atoms with E-state index in [4.69, 9.17) is 0 Å². The van der Waals surface area contributed by atoms with E-state index in [9.17, 15) is 0 Å². The van der Waals surface area contributed by atoms with Crippen molar-refractivity contribution in [1.82, 2.24) is 0 Å². The average Bonchev–Trinajstić information content (AvgIpc) is 2.21. The number of hydrogen-bond acceptors (Lipinski definition) is 0. The van der Waals surface area contributed by atoms with Crippen molar-refractivity contribution in [2.75, 3.05) is 0 Å². The summed E-state index contributed by atoms with van der Waals surface area (Å²) in [4.78, 5) is 0. The highest BCUT2D eigenvalue weighted by Gasteiger charge is 2.37. The molecule has 2 aliphatic carbocycles. The molecule has 0 aliphatic heterocycles. The van der Waals surface area contributed by atoms with Gasteiger partial charge in [0.25, 0.3) is 0 Å². The van der Waals surface area contributed by atoms with Crippen LogP contribution in [0.2, 0.25) is 0 Å². The van der Waals surface area contributed by atoms with E-state index >= 15 is 0 Å². The Labute approximate surface area is 63.5 Å². The molecule has 0 aromatic carbocycles. The second-order valence-electron chi connectivity index (χ2n) is 2.90. The Kier molecular flexibility index (Phi) is 0.984. The molecule has 0 amide bonds. The van der Waals surface area contributed by atoms with Crippen LogP contribution in [0.25, 0.3) is 0 Å².